The molecule has 0 amide bonds. The molecule has 1 rings (SSSR count). The molecule has 0 bridgehead atoms. The van der Waals surface area contributed by atoms with Gasteiger partial charge in [-0.05, 0) is 37.5 Å². The van der Waals surface area contributed by atoms with Crippen molar-refractivity contribution in [2.24, 2.45) is 0 Å². The smallest absolute Gasteiger partial charge is 0.0222 e. The fourth-order valence-corrected chi connectivity index (χ4v) is 1.86. The van der Waals surface area contributed by atoms with Gasteiger partial charge in [0.25, 0.3) is 0 Å². The van der Waals surface area contributed by atoms with Gasteiger partial charge < -0.3 is 5.32 Å². The summed E-state index contributed by atoms with van der Waals surface area (Å²) in [7, 11) is 0. The van der Waals surface area contributed by atoms with Crippen LogP contribution in [-0.4, -0.2) is 6.04 Å². The summed E-state index contributed by atoms with van der Waals surface area (Å²) in [6, 6.07) is 7.07. The van der Waals surface area contributed by atoms with Crippen molar-refractivity contribution in [3.63, 3.8) is 0 Å². The summed E-state index contributed by atoms with van der Waals surface area (Å²) in [6.45, 7) is 7.45. The molecule has 1 aromatic carbocycles. The molecule has 1 nitrogen and oxygen atoms in total. The zero-order chi connectivity index (χ0) is 10.6. The van der Waals surface area contributed by atoms with Crippen LogP contribution >= 0.6 is 15.9 Å². The molecule has 0 fully saturated rings. The Balaban J connectivity index is 2.59. The lowest BCUT2D eigenvalue weighted by atomic mass is 10.1. The number of halogens is 1. The zero-order valence-electron chi connectivity index (χ0n) is 9.10. The summed E-state index contributed by atoms with van der Waals surface area (Å²) in [5.74, 6) is 0. The highest BCUT2D eigenvalue weighted by atomic mass is 79.9. The van der Waals surface area contributed by atoms with Crippen molar-refractivity contribution >= 4 is 15.9 Å². The van der Waals surface area contributed by atoms with Crippen LogP contribution in [0.5, 0.6) is 0 Å². The minimum Gasteiger partial charge on any atom is -0.310 e. The second-order valence-corrected chi connectivity index (χ2v) is 4.64. The van der Waals surface area contributed by atoms with Crippen molar-refractivity contribution in [1.29, 1.82) is 0 Å². The van der Waals surface area contributed by atoms with Crippen molar-refractivity contribution < 1.29 is 0 Å². The standard InChI is InChI=1S/C12H18BrN/c1-4-10(3)14-8-11-6-5-9(2)7-12(11)13/h5-7,10,14H,4,8H2,1-3H3/t10-/m0/s1. The van der Waals surface area contributed by atoms with Gasteiger partial charge in [-0.25, -0.2) is 0 Å². The second kappa shape index (κ2) is 5.52. The summed E-state index contributed by atoms with van der Waals surface area (Å²) in [4.78, 5) is 0. The molecule has 1 N–H and O–H groups in total. The Kier molecular flexibility index (Phi) is 4.63. The Morgan fingerprint density at radius 2 is 2.14 bits per heavy atom. The molecule has 0 spiro atoms. The van der Waals surface area contributed by atoms with Gasteiger partial charge in [0.15, 0.2) is 0 Å². The molecule has 0 aliphatic heterocycles. The van der Waals surface area contributed by atoms with E-state index in [0.29, 0.717) is 6.04 Å². The Morgan fingerprint density at radius 3 is 2.71 bits per heavy atom. The highest BCUT2D eigenvalue weighted by Crippen LogP contribution is 2.18. The van der Waals surface area contributed by atoms with E-state index in [2.05, 4.69) is 60.2 Å². The summed E-state index contributed by atoms with van der Waals surface area (Å²) in [5.41, 5.74) is 2.63. The highest BCUT2D eigenvalue weighted by molar-refractivity contribution is 9.10. The van der Waals surface area contributed by atoms with E-state index in [4.69, 9.17) is 0 Å². The first kappa shape index (κ1) is 11.7. The van der Waals surface area contributed by atoms with Crippen molar-refractivity contribution in [1.82, 2.24) is 5.32 Å². The van der Waals surface area contributed by atoms with Gasteiger partial charge in [0.1, 0.15) is 0 Å². The maximum atomic E-state index is 3.58. The molecule has 0 heterocycles. The number of aryl methyl sites for hydroxylation is 1. The first-order valence-electron chi connectivity index (χ1n) is 5.12. The van der Waals surface area contributed by atoms with Gasteiger partial charge in [-0.2, -0.15) is 0 Å². The topological polar surface area (TPSA) is 12.0 Å². The predicted octanol–water partition coefficient (Wildman–Crippen LogP) is 3.65. The lowest BCUT2D eigenvalue weighted by Crippen LogP contribution is -2.24. The van der Waals surface area contributed by atoms with Crippen LogP contribution in [-0.2, 0) is 6.54 Å². The van der Waals surface area contributed by atoms with E-state index in [1.54, 1.807) is 0 Å². The maximum Gasteiger partial charge on any atom is 0.0222 e. The van der Waals surface area contributed by atoms with Gasteiger partial charge in [0, 0.05) is 17.1 Å². The fraction of sp³-hybridized carbons (Fsp3) is 0.500. The summed E-state index contributed by atoms with van der Waals surface area (Å²) in [6.07, 6.45) is 1.17. The predicted molar refractivity (Wildman–Crippen MR) is 65.5 cm³/mol. The third kappa shape index (κ3) is 3.43. The molecule has 0 saturated carbocycles. The monoisotopic (exact) mass is 255 g/mol. The number of hydrogen-bond acceptors (Lipinski definition) is 1. The van der Waals surface area contributed by atoms with Gasteiger partial charge >= 0.3 is 0 Å². The quantitative estimate of drug-likeness (QED) is 0.867. The minimum atomic E-state index is 0.586. The van der Waals surface area contributed by atoms with Crippen LogP contribution in [0.3, 0.4) is 0 Å². The number of benzene rings is 1. The highest BCUT2D eigenvalue weighted by Gasteiger charge is 2.01. The molecule has 1 atom stereocenters. The number of nitrogens with one attached hydrogen (secondary N) is 1. The van der Waals surface area contributed by atoms with Crippen LogP contribution in [0.25, 0.3) is 0 Å². The Labute approximate surface area is 95.0 Å². The third-order valence-electron chi connectivity index (χ3n) is 2.46. The van der Waals surface area contributed by atoms with Gasteiger partial charge in [-0.1, -0.05) is 35.0 Å². The summed E-state index contributed by atoms with van der Waals surface area (Å²) in [5, 5.41) is 3.48. The van der Waals surface area contributed by atoms with E-state index in [1.807, 2.05) is 0 Å². The minimum absolute atomic E-state index is 0.586. The van der Waals surface area contributed by atoms with Crippen LogP contribution in [0.1, 0.15) is 31.4 Å². The third-order valence-corrected chi connectivity index (χ3v) is 3.20. The van der Waals surface area contributed by atoms with Gasteiger partial charge in [-0.15, -0.1) is 0 Å². The normalized spacial score (nSPS) is 12.9. The van der Waals surface area contributed by atoms with E-state index in [0.717, 1.165) is 6.54 Å². The van der Waals surface area contributed by atoms with Crippen LogP contribution in [0.4, 0.5) is 0 Å². The Morgan fingerprint density at radius 1 is 1.43 bits per heavy atom. The van der Waals surface area contributed by atoms with Gasteiger partial charge in [0.2, 0.25) is 0 Å². The lowest BCUT2D eigenvalue weighted by Gasteiger charge is -2.12. The van der Waals surface area contributed by atoms with Gasteiger partial charge in [0.05, 0.1) is 0 Å². The summed E-state index contributed by atoms with van der Waals surface area (Å²) >= 11 is 3.58. The van der Waals surface area contributed by atoms with Gasteiger partial charge in [-0.3, -0.25) is 0 Å². The largest absolute Gasteiger partial charge is 0.310 e. The molecular formula is C12H18BrN. The van der Waals surface area contributed by atoms with Crippen molar-refractivity contribution in [3.05, 3.63) is 33.8 Å². The molecule has 2 heteroatoms. The molecule has 1 aromatic rings. The van der Waals surface area contributed by atoms with E-state index >= 15 is 0 Å². The molecule has 0 saturated heterocycles. The maximum absolute atomic E-state index is 3.58. The molecule has 0 aliphatic carbocycles. The fourth-order valence-electron chi connectivity index (χ4n) is 1.22. The van der Waals surface area contributed by atoms with Crippen LogP contribution in [0, 0.1) is 6.92 Å². The lowest BCUT2D eigenvalue weighted by molar-refractivity contribution is 0.533. The van der Waals surface area contributed by atoms with E-state index in [1.165, 1.54) is 22.0 Å². The molecule has 0 aliphatic rings. The molecule has 78 valence electrons. The van der Waals surface area contributed by atoms with Crippen LogP contribution in [0.2, 0.25) is 0 Å². The number of rotatable bonds is 4. The molecule has 0 radical (unpaired) electrons. The van der Waals surface area contributed by atoms with Crippen LogP contribution < -0.4 is 5.32 Å². The molecular weight excluding hydrogens is 238 g/mol. The van der Waals surface area contributed by atoms with Crippen molar-refractivity contribution in [2.75, 3.05) is 0 Å². The van der Waals surface area contributed by atoms with Crippen molar-refractivity contribution in [2.45, 2.75) is 39.8 Å². The Bertz CT molecular complexity index is 296. The Hall–Kier alpha value is -0.340. The SMILES string of the molecule is CC[C@H](C)NCc1ccc(C)cc1Br. The zero-order valence-corrected chi connectivity index (χ0v) is 10.7. The first-order valence-corrected chi connectivity index (χ1v) is 5.91. The molecule has 0 unspecified atom stereocenters. The average Bonchev–Trinajstić information content (AvgIpc) is 2.16. The second-order valence-electron chi connectivity index (χ2n) is 3.79. The number of hydrogen-bond donors (Lipinski definition) is 1. The van der Waals surface area contributed by atoms with Crippen LogP contribution in [0.15, 0.2) is 22.7 Å². The van der Waals surface area contributed by atoms with E-state index in [-0.39, 0.29) is 0 Å². The van der Waals surface area contributed by atoms with E-state index < -0.39 is 0 Å². The molecule has 0 aromatic heterocycles. The first-order chi connectivity index (χ1) is 6.63. The van der Waals surface area contributed by atoms with Crippen molar-refractivity contribution in [3.8, 4) is 0 Å². The average molecular weight is 256 g/mol. The van der Waals surface area contributed by atoms with E-state index in [9.17, 15) is 0 Å². The molecule has 14 heavy (non-hydrogen) atoms. The summed E-state index contributed by atoms with van der Waals surface area (Å²) < 4.78 is 1.20.